The SMILES string of the molecule is CC(C)c1cccc(N(c2ccc3c(-c4ccccc4)c4c(c(-c5ccccc5)c3c2)-c2c-4c(-c3ccccc3)c3ccc(N(c4cccc(C(C)C)c4)c4cccc5c4oc4ccccc45)cc3c2-c2ccccc2)c2cccc3c2oc2ccccc23)c1. The molecule has 1 aliphatic carbocycles. The normalized spacial score (nSPS) is 12.0. The Morgan fingerprint density at radius 1 is 0.233 bits per heavy atom. The van der Waals surface area contributed by atoms with E-state index in [1.165, 1.54) is 77.5 Å². The van der Waals surface area contributed by atoms with Crippen molar-refractivity contribution in [2.24, 2.45) is 0 Å². The summed E-state index contributed by atoms with van der Waals surface area (Å²) in [7, 11) is 0. The summed E-state index contributed by atoms with van der Waals surface area (Å²) in [6.07, 6.45) is 0. The lowest BCUT2D eigenvalue weighted by molar-refractivity contribution is 0.668. The molecule has 2 aromatic heterocycles. The van der Waals surface area contributed by atoms with Gasteiger partial charge in [-0.1, -0.05) is 246 Å². The maximum Gasteiger partial charge on any atom is 0.159 e. The average Bonchev–Trinajstić information content (AvgIpc) is 0.874. The molecule has 1 aliphatic rings. The van der Waals surface area contributed by atoms with Gasteiger partial charge in [0.1, 0.15) is 11.2 Å². The van der Waals surface area contributed by atoms with Crippen molar-refractivity contribution in [2.45, 2.75) is 39.5 Å². The van der Waals surface area contributed by atoms with E-state index in [1.54, 1.807) is 0 Å². The van der Waals surface area contributed by atoms with Crippen molar-refractivity contribution in [3.05, 3.63) is 302 Å². The van der Waals surface area contributed by atoms with Crippen LogP contribution in [0.15, 0.2) is 300 Å². The van der Waals surface area contributed by atoms with E-state index in [2.05, 4.69) is 329 Å². The van der Waals surface area contributed by atoms with Crippen LogP contribution in [-0.4, -0.2) is 0 Å². The number of fused-ring (bicyclic) bond motifs is 12. The van der Waals surface area contributed by atoms with Gasteiger partial charge in [0.05, 0.1) is 11.4 Å². The summed E-state index contributed by atoms with van der Waals surface area (Å²) >= 11 is 0. The Hall–Kier alpha value is -11.2. The minimum atomic E-state index is 0.319. The molecule has 16 aromatic rings. The van der Waals surface area contributed by atoms with Crippen LogP contribution in [-0.2, 0) is 0 Å². The molecule has 90 heavy (non-hydrogen) atoms. The van der Waals surface area contributed by atoms with Crippen LogP contribution in [0.25, 0.3) is 132 Å². The average molecular weight is 1160 g/mol. The molecule has 0 spiro atoms. The first kappa shape index (κ1) is 53.1. The van der Waals surface area contributed by atoms with Crippen LogP contribution in [0, 0.1) is 0 Å². The molecule has 0 N–H and O–H groups in total. The highest BCUT2D eigenvalue weighted by Gasteiger charge is 2.39. The van der Waals surface area contributed by atoms with E-state index in [-0.39, 0.29) is 0 Å². The van der Waals surface area contributed by atoms with Crippen molar-refractivity contribution < 1.29 is 8.83 Å². The first-order chi connectivity index (χ1) is 44.3. The minimum absolute atomic E-state index is 0.319. The van der Waals surface area contributed by atoms with Gasteiger partial charge >= 0.3 is 0 Å². The van der Waals surface area contributed by atoms with Gasteiger partial charge in [-0.3, -0.25) is 0 Å². The molecule has 2 heterocycles. The Morgan fingerprint density at radius 2 is 0.544 bits per heavy atom. The van der Waals surface area contributed by atoms with Gasteiger partial charge in [-0.2, -0.15) is 0 Å². The van der Waals surface area contributed by atoms with Crippen LogP contribution in [0.2, 0.25) is 0 Å². The number of nitrogens with zero attached hydrogens (tertiary/aromatic N) is 2. The number of anilines is 6. The second-order valence-corrected chi connectivity index (χ2v) is 24.6. The molecule has 0 amide bonds. The molecule has 0 bridgehead atoms. The van der Waals surface area contributed by atoms with Gasteiger partial charge in [0.25, 0.3) is 0 Å². The zero-order valence-corrected chi connectivity index (χ0v) is 50.6. The van der Waals surface area contributed by atoms with Gasteiger partial charge in [-0.25, -0.2) is 0 Å². The number of rotatable bonds is 12. The van der Waals surface area contributed by atoms with Crippen molar-refractivity contribution >= 4 is 99.5 Å². The summed E-state index contributed by atoms with van der Waals surface area (Å²) in [6, 6.07) is 107. The zero-order chi connectivity index (χ0) is 60.1. The lowest BCUT2D eigenvalue weighted by Gasteiger charge is -2.38. The van der Waals surface area contributed by atoms with Crippen molar-refractivity contribution in [1.82, 2.24) is 0 Å². The van der Waals surface area contributed by atoms with E-state index in [0.717, 1.165) is 99.9 Å². The van der Waals surface area contributed by atoms with E-state index in [4.69, 9.17) is 8.83 Å². The first-order valence-electron chi connectivity index (χ1n) is 31.4. The van der Waals surface area contributed by atoms with Crippen LogP contribution in [0.5, 0.6) is 0 Å². The number of hydrogen-bond donors (Lipinski definition) is 0. The lowest BCUT2D eigenvalue weighted by Crippen LogP contribution is -2.13. The fraction of sp³-hybridized carbons (Fsp3) is 0.0698. The molecule has 4 nitrogen and oxygen atoms in total. The fourth-order valence-corrected chi connectivity index (χ4v) is 14.5. The molecular weight excluding hydrogens is 1090 g/mol. The van der Waals surface area contributed by atoms with Crippen molar-refractivity contribution in [3.63, 3.8) is 0 Å². The second-order valence-electron chi connectivity index (χ2n) is 24.6. The molecule has 0 radical (unpaired) electrons. The van der Waals surface area contributed by atoms with E-state index < -0.39 is 0 Å². The van der Waals surface area contributed by atoms with Crippen LogP contribution < -0.4 is 9.80 Å². The molecule has 14 aromatic carbocycles. The predicted octanol–water partition coefficient (Wildman–Crippen LogP) is 25.3. The molecule has 0 saturated carbocycles. The summed E-state index contributed by atoms with van der Waals surface area (Å²) < 4.78 is 13.9. The van der Waals surface area contributed by atoms with E-state index in [9.17, 15) is 0 Å². The highest BCUT2D eigenvalue weighted by Crippen LogP contribution is 2.66. The first-order valence-corrected chi connectivity index (χ1v) is 31.4. The molecule has 0 unspecified atom stereocenters. The zero-order valence-electron chi connectivity index (χ0n) is 50.6. The maximum atomic E-state index is 6.93. The summed E-state index contributed by atoms with van der Waals surface area (Å²) in [5, 5.41) is 9.05. The smallest absolute Gasteiger partial charge is 0.159 e. The maximum absolute atomic E-state index is 6.93. The molecule has 428 valence electrons. The molecule has 17 rings (SSSR count). The number of benzene rings is 14. The summed E-state index contributed by atoms with van der Waals surface area (Å²) in [5.41, 5.74) is 26.6. The lowest BCUT2D eigenvalue weighted by atomic mass is 9.65. The quantitative estimate of drug-likeness (QED) is 0.122. The van der Waals surface area contributed by atoms with Crippen LogP contribution in [0.1, 0.15) is 50.7 Å². The second kappa shape index (κ2) is 21.3. The standard InChI is InChI=1S/C86H62N2O2/c1-53(2)59-33-21-35-61(49-59)87(73-41-23-39-69-65-37-17-19-43-75(65)89-85(69)73)63-45-47-67-71(51-63)79(57-29-13-7-14-30-57)83-81(77(67)55-25-9-5-10-26-55)82-78(56-27-11-6-12-28-56)68-48-46-64(52-72(68)80(84(82)83)58-31-15-8-16-32-58)88(62-36-22-34-60(50-62)54(3)4)74-42-24-40-70-66-38-18-20-44-76(66)90-86(70)74/h5-54H,1-4H3. The van der Waals surface area contributed by atoms with Gasteiger partial charge in [-0.15, -0.1) is 0 Å². The summed E-state index contributed by atoms with van der Waals surface area (Å²) in [6.45, 7) is 9.09. The van der Waals surface area contributed by atoms with Gasteiger partial charge in [-0.05, 0) is 184 Å². The molecule has 0 aliphatic heterocycles. The monoisotopic (exact) mass is 1150 g/mol. The highest BCUT2D eigenvalue weighted by atomic mass is 16.3. The van der Waals surface area contributed by atoms with E-state index >= 15 is 0 Å². The Morgan fingerprint density at radius 3 is 0.911 bits per heavy atom. The highest BCUT2D eigenvalue weighted by molar-refractivity contribution is 6.33. The van der Waals surface area contributed by atoms with Crippen LogP contribution >= 0.6 is 0 Å². The molecule has 0 fully saturated rings. The number of furan rings is 2. The third-order valence-corrected chi connectivity index (χ3v) is 18.7. The minimum Gasteiger partial charge on any atom is -0.454 e. The van der Waals surface area contributed by atoms with Gasteiger partial charge in [0.15, 0.2) is 11.2 Å². The fourth-order valence-electron chi connectivity index (χ4n) is 14.5. The van der Waals surface area contributed by atoms with Crippen molar-refractivity contribution in [1.29, 1.82) is 0 Å². The molecular formula is C86H62N2O2. The number of para-hydroxylation sites is 4. The summed E-state index contributed by atoms with van der Waals surface area (Å²) in [4.78, 5) is 4.85. The third kappa shape index (κ3) is 8.43. The van der Waals surface area contributed by atoms with Crippen LogP contribution in [0.4, 0.5) is 34.1 Å². The third-order valence-electron chi connectivity index (χ3n) is 18.7. The predicted molar refractivity (Wildman–Crippen MR) is 380 cm³/mol. The van der Waals surface area contributed by atoms with Gasteiger partial charge in [0.2, 0.25) is 0 Å². The van der Waals surface area contributed by atoms with E-state index in [1.807, 2.05) is 0 Å². The number of hydrogen-bond acceptors (Lipinski definition) is 4. The molecule has 0 atom stereocenters. The van der Waals surface area contributed by atoms with Crippen molar-refractivity contribution in [3.8, 4) is 66.8 Å². The summed E-state index contributed by atoms with van der Waals surface area (Å²) in [5.74, 6) is 0.637. The Kier molecular flexibility index (Phi) is 12.6. The largest absolute Gasteiger partial charge is 0.454 e. The van der Waals surface area contributed by atoms with Crippen LogP contribution in [0.3, 0.4) is 0 Å². The van der Waals surface area contributed by atoms with Gasteiger partial charge in [0, 0.05) is 44.3 Å². The van der Waals surface area contributed by atoms with Gasteiger partial charge < -0.3 is 18.6 Å². The molecule has 4 heteroatoms. The van der Waals surface area contributed by atoms with Crippen molar-refractivity contribution in [2.75, 3.05) is 9.80 Å². The Balaban J connectivity index is 1.01. The Bertz CT molecular complexity index is 5140. The topological polar surface area (TPSA) is 32.8 Å². The van der Waals surface area contributed by atoms with E-state index in [0.29, 0.717) is 11.8 Å². The molecule has 0 saturated heterocycles. The Labute approximate surface area is 523 Å².